The molecule has 1 aliphatic heterocycles. The molecule has 1 aromatic carbocycles. The van der Waals surface area contributed by atoms with Crippen LogP contribution in [0.3, 0.4) is 0 Å². The number of rotatable bonds is 5. The summed E-state index contributed by atoms with van der Waals surface area (Å²) in [6.45, 7) is 5.46. The van der Waals surface area contributed by atoms with Gasteiger partial charge >= 0.3 is 0 Å². The Morgan fingerprint density at radius 2 is 1.74 bits per heavy atom. The molecule has 0 bridgehead atoms. The molecule has 104 valence electrons. The molecule has 1 fully saturated rings. The molecule has 1 aliphatic rings. The fourth-order valence-electron chi connectivity index (χ4n) is 2.23. The van der Waals surface area contributed by atoms with Gasteiger partial charge in [-0.2, -0.15) is 0 Å². The van der Waals surface area contributed by atoms with E-state index in [9.17, 15) is 4.79 Å². The maximum Gasteiger partial charge on any atom is 0.254 e. The fraction of sp³-hybridized carbons (Fsp3) is 0.533. The van der Waals surface area contributed by atoms with E-state index in [4.69, 9.17) is 4.74 Å². The second-order valence-electron chi connectivity index (χ2n) is 4.97. The van der Waals surface area contributed by atoms with E-state index in [1.54, 1.807) is 0 Å². The number of hydrogen-bond acceptors (Lipinski definition) is 3. The summed E-state index contributed by atoms with van der Waals surface area (Å²) in [5, 5.41) is 0. The highest BCUT2D eigenvalue weighted by atomic mass is 16.6. The summed E-state index contributed by atoms with van der Waals surface area (Å²) in [5.41, 5.74) is 2.23. The van der Waals surface area contributed by atoms with Crippen molar-refractivity contribution in [2.45, 2.75) is 26.1 Å². The van der Waals surface area contributed by atoms with Gasteiger partial charge in [0, 0.05) is 32.9 Å². The zero-order valence-electron chi connectivity index (χ0n) is 12.1. The van der Waals surface area contributed by atoms with E-state index in [1.165, 1.54) is 0 Å². The third-order valence-corrected chi connectivity index (χ3v) is 3.55. The number of anilines is 1. The Bertz CT molecular complexity index is 438. The highest BCUT2D eigenvalue weighted by molar-refractivity contribution is 5.84. The summed E-state index contributed by atoms with van der Waals surface area (Å²) in [5.74, 6) is 0.103. The van der Waals surface area contributed by atoms with Crippen molar-refractivity contribution < 1.29 is 9.53 Å². The Balaban J connectivity index is 2.00. The average Bonchev–Trinajstić information content (AvgIpc) is 3.20. The van der Waals surface area contributed by atoms with Crippen LogP contribution < -0.4 is 4.90 Å². The molecule has 0 radical (unpaired) electrons. The molecule has 2 rings (SSSR count). The molecule has 0 aromatic heterocycles. The van der Waals surface area contributed by atoms with E-state index in [2.05, 4.69) is 17.0 Å². The number of amides is 1. The van der Waals surface area contributed by atoms with Gasteiger partial charge in [-0.15, -0.1) is 0 Å². The number of nitrogens with zero attached hydrogens (tertiary/aromatic N) is 2. The third kappa shape index (κ3) is 2.89. The van der Waals surface area contributed by atoms with Crippen LogP contribution in [0.5, 0.6) is 0 Å². The van der Waals surface area contributed by atoms with Gasteiger partial charge in [0.05, 0.1) is 0 Å². The standard InChI is InChI=1S/C15H22N2O2/c1-5-17(6-2)15(18)14-13(19-14)11-7-9-12(10-8-11)16(3)4/h7-10,13-14H,5-6H2,1-4H3/t13-,14+/m1/s1. The van der Waals surface area contributed by atoms with E-state index in [0.717, 1.165) is 24.3 Å². The van der Waals surface area contributed by atoms with Crippen LogP contribution in [-0.4, -0.2) is 44.1 Å². The molecule has 1 saturated heterocycles. The zero-order valence-corrected chi connectivity index (χ0v) is 12.1. The third-order valence-electron chi connectivity index (χ3n) is 3.55. The Morgan fingerprint density at radius 1 is 1.16 bits per heavy atom. The smallest absolute Gasteiger partial charge is 0.254 e. The van der Waals surface area contributed by atoms with Crippen LogP contribution in [-0.2, 0) is 9.53 Å². The van der Waals surface area contributed by atoms with Gasteiger partial charge < -0.3 is 14.5 Å². The number of carbonyl (C=O) groups is 1. The summed E-state index contributed by atoms with van der Waals surface area (Å²) in [6, 6.07) is 8.18. The van der Waals surface area contributed by atoms with Crippen LogP contribution in [0, 0.1) is 0 Å². The van der Waals surface area contributed by atoms with Gasteiger partial charge in [-0.05, 0) is 31.5 Å². The van der Waals surface area contributed by atoms with Crippen LogP contribution >= 0.6 is 0 Å². The minimum Gasteiger partial charge on any atom is -0.378 e. The topological polar surface area (TPSA) is 36.1 Å². The lowest BCUT2D eigenvalue weighted by molar-refractivity contribution is -0.132. The van der Waals surface area contributed by atoms with Gasteiger partial charge in [-0.25, -0.2) is 0 Å². The average molecular weight is 262 g/mol. The van der Waals surface area contributed by atoms with Crippen molar-refractivity contribution in [2.75, 3.05) is 32.1 Å². The van der Waals surface area contributed by atoms with Crippen molar-refractivity contribution in [3.05, 3.63) is 29.8 Å². The first-order valence-electron chi connectivity index (χ1n) is 6.80. The van der Waals surface area contributed by atoms with E-state index in [1.807, 2.05) is 45.0 Å². The second kappa shape index (κ2) is 5.61. The van der Waals surface area contributed by atoms with Crippen LogP contribution in [0.1, 0.15) is 25.5 Å². The Kier molecular flexibility index (Phi) is 4.10. The van der Waals surface area contributed by atoms with Gasteiger partial charge in [0.2, 0.25) is 0 Å². The SMILES string of the molecule is CCN(CC)C(=O)[C@H]1O[C@@H]1c1ccc(N(C)C)cc1. The molecule has 0 spiro atoms. The Labute approximate surface area is 115 Å². The number of carbonyl (C=O) groups excluding carboxylic acids is 1. The quantitative estimate of drug-likeness (QED) is 0.762. The first-order chi connectivity index (χ1) is 9.08. The molecule has 4 heteroatoms. The number of epoxide rings is 1. The fourth-order valence-corrected chi connectivity index (χ4v) is 2.23. The number of hydrogen-bond donors (Lipinski definition) is 0. The molecule has 1 amide bonds. The molecule has 0 saturated carbocycles. The maximum atomic E-state index is 12.1. The number of ether oxygens (including phenoxy) is 1. The lowest BCUT2D eigenvalue weighted by Gasteiger charge is -2.17. The maximum absolute atomic E-state index is 12.1. The zero-order chi connectivity index (χ0) is 14.0. The van der Waals surface area contributed by atoms with Crippen LogP contribution in [0.25, 0.3) is 0 Å². The summed E-state index contributed by atoms with van der Waals surface area (Å²) in [6.07, 6.45) is -0.352. The minimum atomic E-state index is -0.287. The summed E-state index contributed by atoms with van der Waals surface area (Å²) in [4.78, 5) is 16.0. The molecule has 1 aromatic rings. The van der Waals surface area contributed by atoms with Crippen molar-refractivity contribution in [3.8, 4) is 0 Å². The van der Waals surface area contributed by atoms with Crippen molar-refractivity contribution in [1.29, 1.82) is 0 Å². The highest BCUT2D eigenvalue weighted by Gasteiger charge is 2.47. The molecule has 2 atom stereocenters. The van der Waals surface area contributed by atoms with Gasteiger partial charge in [0.1, 0.15) is 6.10 Å². The molecule has 0 unspecified atom stereocenters. The second-order valence-corrected chi connectivity index (χ2v) is 4.97. The summed E-state index contributed by atoms with van der Waals surface area (Å²) in [7, 11) is 4.02. The monoisotopic (exact) mass is 262 g/mol. The highest BCUT2D eigenvalue weighted by Crippen LogP contribution is 2.40. The van der Waals surface area contributed by atoms with E-state index < -0.39 is 0 Å². The van der Waals surface area contributed by atoms with Crippen molar-refractivity contribution >= 4 is 11.6 Å². The predicted molar refractivity (Wildman–Crippen MR) is 76.3 cm³/mol. The van der Waals surface area contributed by atoms with Crippen LogP contribution in [0.2, 0.25) is 0 Å². The largest absolute Gasteiger partial charge is 0.378 e. The van der Waals surface area contributed by atoms with Crippen molar-refractivity contribution in [1.82, 2.24) is 4.90 Å². The van der Waals surface area contributed by atoms with Gasteiger partial charge in [-0.1, -0.05) is 12.1 Å². The molecule has 1 heterocycles. The van der Waals surface area contributed by atoms with E-state index in [-0.39, 0.29) is 18.1 Å². The Hall–Kier alpha value is -1.55. The molecular weight excluding hydrogens is 240 g/mol. The van der Waals surface area contributed by atoms with Crippen molar-refractivity contribution in [2.24, 2.45) is 0 Å². The predicted octanol–water partition coefficient (Wildman–Crippen LogP) is 2.06. The molecule has 19 heavy (non-hydrogen) atoms. The first-order valence-corrected chi connectivity index (χ1v) is 6.80. The minimum absolute atomic E-state index is 0.0655. The lowest BCUT2D eigenvalue weighted by Crippen LogP contribution is -2.34. The molecule has 0 aliphatic carbocycles. The Morgan fingerprint density at radius 3 is 2.21 bits per heavy atom. The summed E-state index contributed by atoms with van der Waals surface area (Å²) < 4.78 is 5.54. The summed E-state index contributed by atoms with van der Waals surface area (Å²) >= 11 is 0. The van der Waals surface area contributed by atoms with E-state index >= 15 is 0 Å². The van der Waals surface area contributed by atoms with Crippen molar-refractivity contribution in [3.63, 3.8) is 0 Å². The number of benzene rings is 1. The lowest BCUT2D eigenvalue weighted by atomic mass is 10.1. The van der Waals surface area contributed by atoms with Crippen LogP contribution in [0.15, 0.2) is 24.3 Å². The van der Waals surface area contributed by atoms with Gasteiger partial charge in [-0.3, -0.25) is 4.79 Å². The van der Waals surface area contributed by atoms with E-state index in [0.29, 0.717) is 0 Å². The van der Waals surface area contributed by atoms with Gasteiger partial charge in [0.15, 0.2) is 6.10 Å². The van der Waals surface area contributed by atoms with Crippen LogP contribution in [0.4, 0.5) is 5.69 Å². The number of likely N-dealkylation sites (N-methyl/N-ethyl adjacent to an activating group) is 1. The molecular formula is C15H22N2O2. The molecule has 4 nitrogen and oxygen atoms in total. The normalized spacial score (nSPS) is 21.1. The molecule has 0 N–H and O–H groups in total. The first kappa shape index (κ1) is 13.9. The van der Waals surface area contributed by atoms with Gasteiger partial charge in [0.25, 0.3) is 5.91 Å².